The van der Waals surface area contributed by atoms with Crippen molar-refractivity contribution in [3.63, 3.8) is 0 Å². The Kier molecular flexibility index (Phi) is 10.4. The predicted octanol–water partition coefficient (Wildman–Crippen LogP) is 2.72. The summed E-state index contributed by atoms with van der Waals surface area (Å²) in [5.41, 5.74) is 2.09. The zero-order valence-electron chi connectivity index (χ0n) is 26.0. The molecule has 0 fully saturated rings. The normalized spacial score (nSPS) is 18.5. The molecule has 244 valence electrons. The molecule has 1 aliphatic heterocycles. The molecule has 14 heteroatoms. The van der Waals surface area contributed by atoms with Crippen molar-refractivity contribution >= 4 is 51.9 Å². The summed E-state index contributed by atoms with van der Waals surface area (Å²) in [6.07, 6.45) is 5.37. The minimum absolute atomic E-state index is 0.105. The monoisotopic (exact) mass is 650 g/mol. The Balaban J connectivity index is 1.37. The first kappa shape index (κ1) is 32.7. The summed E-state index contributed by atoms with van der Waals surface area (Å²) >= 11 is 6.11. The van der Waals surface area contributed by atoms with Crippen LogP contribution in [-0.2, 0) is 16.1 Å². The first-order chi connectivity index (χ1) is 22.1. The quantitative estimate of drug-likeness (QED) is 0.266. The van der Waals surface area contributed by atoms with Gasteiger partial charge in [0.25, 0.3) is 11.8 Å². The summed E-state index contributed by atoms with van der Waals surface area (Å²) in [6.45, 7) is 5.37. The molecule has 0 radical (unpaired) electrons. The van der Waals surface area contributed by atoms with Gasteiger partial charge in [-0.2, -0.15) is 0 Å². The number of amides is 4. The molecule has 46 heavy (non-hydrogen) atoms. The van der Waals surface area contributed by atoms with Crippen LogP contribution in [0, 0.1) is 5.92 Å². The number of aryl methyl sites for hydroxylation is 1. The van der Waals surface area contributed by atoms with E-state index in [0.717, 1.165) is 0 Å². The molecule has 4 N–H and O–H groups in total. The topological polar surface area (TPSA) is 163 Å². The van der Waals surface area contributed by atoms with E-state index >= 15 is 0 Å². The fourth-order valence-corrected chi connectivity index (χ4v) is 5.74. The molecule has 5 rings (SSSR count). The molecule has 3 aromatic heterocycles. The van der Waals surface area contributed by atoms with Crippen molar-refractivity contribution in [3.8, 4) is 0 Å². The molecule has 2 atom stereocenters. The zero-order chi connectivity index (χ0) is 32.8. The van der Waals surface area contributed by atoms with Crippen LogP contribution in [0.5, 0.6) is 0 Å². The Morgan fingerprint density at radius 2 is 1.76 bits per heavy atom. The van der Waals surface area contributed by atoms with Crippen LogP contribution in [0.25, 0.3) is 16.7 Å². The van der Waals surface area contributed by atoms with Gasteiger partial charge in [0, 0.05) is 57.1 Å². The fourth-order valence-electron chi connectivity index (χ4n) is 5.57. The van der Waals surface area contributed by atoms with E-state index in [0.29, 0.717) is 79.1 Å². The van der Waals surface area contributed by atoms with E-state index in [1.807, 2.05) is 13.8 Å². The second-order valence-electron chi connectivity index (χ2n) is 11.6. The third kappa shape index (κ3) is 7.58. The van der Waals surface area contributed by atoms with Crippen molar-refractivity contribution in [3.05, 3.63) is 69.5 Å². The Hall–Kier alpha value is -4.65. The molecule has 0 unspecified atom stereocenters. The number of carbonyl (C=O) groups is 4. The summed E-state index contributed by atoms with van der Waals surface area (Å²) < 4.78 is 3.23. The van der Waals surface area contributed by atoms with E-state index in [2.05, 4.69) is 25.9 Å². The van der Waals surface area contributed by atoms with E-state index in [4.69, 9.17) is 11.6 Å². The number of carbonyl (C=O) groups excluding carboxylic acids is 4. The number of halogens is 1. The lowest BCUT2D eigenvalue weighted by Gasteiger charge is -2.24. The molecule has 13 nitrogen and oxygen atoms in total. The van der Waals surface area contributed by atoms with Gasteiger partial charge in [-0.05, 0) is 55.5 Å². The van der Waals surface area contributed by atoms with E-state index in [1.54, 1.807) is 56.6 Å². The molecular formula is C32H39ClN8O5. The highest BCUT2D eigenvalue weighted by atomic mass is 35.5. The number of imidazole rings is 2. The second-order valence-corrected chi connectivity index (χ2v) is 12.1. The van der Waals surface area contributed by atoms with E-state index < -0.39 is 6.04 Å². The number of benzene rings is 1. The van der Waals surface area contributed by atoms with Gasteiger partial charge in [-0.25, -0.2) is 9.78 Å². The van der Waals surface area contributed by atoms with Crippen LogP contribution in [0.15, 0.2) is 47.5 Å². The molecule has 0 spiro atoms. The van der Waals surface area contributed by atoms with Gasteiger partial charge in [-0.15, -0.1) is 0 Å². The smallest absolute Gasteiger partial charge is 0.326 e. The van der Waals surface area contributed by atoms with Crippen molar-refractivity contribution in [2.24, 2.45) is 5.92 Å². The number of aromatic nitrogens is 4. The third-order valence-electron chi connectivity index (χ3n) is 8.35. The average molecular weight is 651 g/mol. The van der Waals surface area contributed by atoms with Crippen LogP contribution in [-0.4, -0.2) is 79.7 Å². The van der Waals surface area contributed by atoms with Crippen molar-refractivity contribution in [1.29, 1.82) is 0 Å². The van der Waals surface area contributed by atoms with Gasteiger partial charge < -0.3 is 30.2 Å². The Labute approximate surface area is 270 Å². The molecule has 2 bridgehead atoms. The number of nitrogens with zero attached hydrogens (tertiary/aromatic N) is 4. The summed E-state index contributed by atoms with van der Waals surface area (Å²) in [5, 5.41) is 9.19. The van der Waals surface area contributed by atoms with Crippen molar-refractivity contribution in [1.82, 2.24) is 39.8 Å². The minimum atomic E-state index is -0.718. The summed E-state index contributed by atoms with van der Waals surface area (Å²) in [7, 11) is 0. The number of nitrogens with one attached hydrogen (secondary N) is 4. The first-order valence-corrected chi connectivity index (χ1v) is 16.0. The predicted molar refractivity (Wildman–Crippen MR) is 174 cm³/mol. The highest BCUT2D eigenvalue weighted by molar-refractivity contribution is 6.30. The maximum atomic E-state index is 13.6. The van der Waals surface area contributed by atoms with Gasteiger partial charge >= 0.3 is 5.69 Å². The van der Waals surface area contributed by atoms with Crippen LogP contribution in [0.2, 0.25) is 5.02 Å². The third-order valence-corrected chi connectivity index (χ3v) is 8.57. The maximum absolute atomic E-state index is 13.6. The lowest BCUT2D eigenvalue weighted by molar-refractivity contribution is -0.130. The average Bonchev–Trinajstić information content (AvgIpc) is 3.60. The summed E-state index contributed by atoms with van der Waals surface area (Å²) in [5.74, 6) is -1.29. The van der Waals surface area contributed by atoms with Gasteiger partial charge in [0.15, 0.2) is 0 Å². The lowest BCUT2D eigenvalue weighted by atomic mass is 9.98. The van der Waals surface area contributed by atoms with E-state index in [9.17, 15) is 24.0 Å². The molecular weight excluding hydrogens is 612 g/mol. The number of fused-ring (bicyclic) bond motifs is 2. The molecule has 4 amide bonds. The number of H-pyrrole nitrogens is 1. The summed E-state index contributed by atoms with van der Waals surface area (Å²) in [4.78, 5) is 74.3. The Morgan fingerprint density at radius 1 is 1.00 bits per heavy atom. The van der Waals surface area contributed by atoms with E-state index in [1.165, 1.54) is 0 Å². The van der Waals surface area contributed by atoms with Crippen molar-refractivity contribution in [2.75, 3.05) is 26.2 Å². The van der Waals surface area contributed by atoms with Gasteiger partial charge in [0.2, 0.25) is 11.8 Å². The number of rotatable bonds is 3. The van der Waals surface area contributed by atoms with Gasteiger partial charge in [-0.3, -0.25) is 23.7 Å². The van der Waals surface area contributed by atoms with Crippen LogP contribution in [0.3, 0.4) is 0 Å². The molecule has 1 aromatic carbocycles. The zero-order valence-corrected chi connectivity index (χ0v) is 26.7. The summed E-state index contributed by atoms with van der Waals surface area (Å²) in [6, 6.07) is 7.72. The molecule has 0 aliphatic carbocycles. The molecule has 0 saturated carbocycles. The lowest BCUT2D eigenvalue weighted by Crippen LogP contribution is -2.50. The van der Waals surface area contributed by atoms with Crippen LogP contribution < -0.4 is 21.6 Å². The Morgan fingerprint density at radius 3 is 2.57 bits per heavy atom. The highest BCUT2D eigenvalue weighted by Gasteiger charge is 2.26. The Bertz CT molecular complexity index is 1810. The van der Waals surface area contributed by atoms with Crippen LogP contribution in [0.1, 0.15) is 66.8 Å². The first-order valence-electron chi connectivity index (χ1n) is 15.7. The maximum Gasteiger partial charge on any atom is 0.326 e. The number of aromatic amines is 1. The van der Waals surface area contributed by atoms with E-state index in [-0.39, 0.29) is 53.9 Å². The second kappa shape index (κ2) is 14.6. The van der Waals surface area contributed by atoms with Gasteiger partial charge in [0.05, 0.1) is 16.1 Å². The van der Waals surface area contributed by atoms with Crippen LogP contribution >= 0.6 is 11.6 Å². The standard InChI is InChI=1S/C32H39ClN8O5/c1-3-20(2)28-30(44)35-13-6-16-41-25-17-21(8-10-23(25)37-32(41)46)29(43)34-12-5-15-39(14-4-7-27(42)38-28)31(45)24-19-40-18-22(33)9-11-26(40)36-24/h8-11,17-20,28H,3-7,12-16H2,1-2H3,(H,34,43)(H,35,44)(H,37,46)(H,38,42)/t20-,28-/m0/s1. The van der Waals surface area contributed by atoms with Crippen molar-refractivity contribution in [2.45, 2.75) is 58.5 Å². The largest absolute Gasteiger partial charge is 0.354 e. The highest BCUT2D eigenvalue weighted by Crippen LogP contribution is 2.16. The molecule has 4 heterocycles. The molecule has 1 aliphatic rings. The van der Waals surface area contributed by atoms with Crippen LogP contribution in [0.4, 0.5) is 0 Å². The number of hydrogen-bond acceptors (Lipinski definition) is 6. The molecule has 0 saturated heterocycles. The number of hydrogen-bond donors (Lipinski definition) is 4. The van der Waals surface area contributed by atoms with Gasteiger partial charge in [0.1, 0.15) is 17.4 Å². The minimum Gasteiger partial charge on any atom is -0.354 e. The van der Waals surface area contributed by atoms with Crippen molar-refractivity contribution < 1.29 is 19.2 Å². The SMILES string of the molecule is CC[C@H](C)[C@@H]1NC(=O)CCCN(C(=O)c2cn3cc(Cl)ccc3n2)CCCNC(=O)c2ccc3[nH]c(=O)n(c3c2)CCCNC1=O. The molecule has 4 aromatic rings. The van der Waals surface area contributed by atoms with Gasteiger partial charge in [-0.1, -0.05) is 31.9 Å². The number of pyridine rings is 1. The fraction of sp³-hybridized carbons (Fsp3) is 0.438.